The molecule has 0 spiro atoms. The fraction of sp³-hybridized carbons (Fsp3) is 0.469. The van der Waals surface area contributed by atoms with Crippen LogP contribution in [-0.4, -0.2) is 47.5 Å². The Balaban J connectivity index is 1.16. The van der Waals surface area contributed by atoms with Crippen molar-refractivity contribution >= 4 is 11.8 Å². The molecule has 212 valence electrons. The van der Waals surface area contributed by atoms with Crippen LogP contribution in [0.3, 0.4) is 0 Å². The van der Waals surface area contributed by atoms with E-state index in [0.29, 0.717) is 6.01 Å². The molecule has 0 atom stereocenters. The van der Waals surface area contributed by atoms with Crippen LogP contribution in [0.1, 0.15) is 69.8 Å². The van der Waals surface area contributed by atoms with Crippen LogP contribution in [0.5, 0.6) is 11.8 Å². The van der Waals surface area contributed by atoms with Crippen LogP contribution in [0.25, 0.3) is 0 Å². The number of fused-ring (bicyclic) bond motifs is 1. The topological polar surface area (TPSA) is 85.8 Å². The Hall–Kier alpha value is -3.81. The molecule has 1 aliphatic carbocycles. The van der Waals surface area contributed by atoms with Crippen molar-refractivity contribution in [3.63, 3.8) is 0 Å². The molecule has 40 heavy (non-hydrogen) atoms. The van der Waals surface area contributed by atoms with E-state index >= 15 is 0 Å². The van der Waals surface area contributed by atoms with E-state index in [0.717, 1.165) is 43.8 Å². The molecule has 1 aliphatic heterocycles. The van der Waals surface area contributed by atoms with Crippen molar-refractivity contribution in [2.45, 2.75) is 83.6 Å². The molecule has 8 nitrogen and oxygen atoms in total. The molecule has 1 aromatic heterocycles. The van der Waals surface area contributed by atoms with Gasteiger partial charge < -0.3 is 24.4 Å². The van der Waals surface area contributed by atoms with Crippen molar-refractivity contribution in [3.8, 4) is 11.8 Å². The van der Waals surface area contributed by atoms with E-state index in [9.17, 15) is 4.79 Å². The lowest BCUT2D eigenvalue weighted by Gasteiger charge is -2.36. The fourth-order valence-electron chi connectivity index (χ4n) is 5.26. The zero-order valence-electron chi connectivity index (χ0n) is 24.4. The number of alkyl carbamates (subject to hydrolysis) is 1. The predicted molar refractivity (Wildman–Crippen MR) is 155 cm³/mol. The van der Waals surface area contributed by atoms with Gasteiger partial charge in [-0.25, -0.2) is 9.78 Å². The summed E-state index contributed by atoms with van der Waals surface area (Å²) in [5.41, 5.74) is 5.23. The van der Waals surface area contributed by atoms with Gasteiger partial charge in [-0.1, -0.05) is 38.1 Å². The molecule has 5 rings (SSSR count). The van der Waals surface area contributed by atoms with Gasteiger partial charge >= 0.3 is 12.1 Å². The molecule has 0 bridgehead atoms. The lowest BCUT2D eigenvalue weighted by Crippen LogP contribution is -2.50. The van der Waals surface area contributed by atoms with E-state index in [2.05, 4.69) is 70.4 Å². The number of amides is 1. The number of hydrogen-bond acceptors (Lipinski definition) is 7. The highest BCUT2D eigenvalue weighted by Crippen LogP contribution is 2.35. The largest absolute Gasteiger partial charge is 0.490 e. The number of carbonyl (C=O) groups is 1. The molecule has 1 fully saturated rings. The molecule has 0 unspecified atom stereocenters. The van der Waals surface area contributed by atoms with Crippen molar-refractivity contribution < 1.29 is 19.0 Å². The van der Waals surface area contributed by atoms with Gasteiger partial charge in [-0.05, 0) is 68.1 Å². The summed E-state index contributed by atoms with van der Waals surface area (Å²) in [5, 5.41) is 2.91. The second kappa shape index (κ2) is 11.0. The summed E-state index contributed by atoms with van der Waals surface area (Å²) in [6.45, 7) is 11.8. The summed E-state index contributed by atoms with van der Waals surface area (Å²) in [5.74, 6) is 0.849. The van der Waals surface area contributed by atoms with Crippen LogP contribution < -0.4 is 19.7 Å². The van der Waals surface area contributed by atoms with Crippen molar-refractivity contribution in [3.05, 3.63) is 77.1 Å². The van der Waals surface area contributed by atoms with Gasteiger partial charge in [0.1, 0.15) is 17.5 Å². The third-order valence-electron chi connectivity index (χ3n) is 7.75. The standard InChI is InChI=1S/C32H40N4O4/c1-31(2,3)40-30(37)34-24-17-27(18-24)39-26-13-9-23(10-14-26)32(4,5)22-7-11-25(12-8-22)36-16-15-21-19-33-29(38-6)35-28(21)20-36/h7-14,19,24,27H,15-18,20H2,1-6H3,(H,34,37). The number of ether oxygens (including phenoxy) is 3. The maximum atomic E-state index is 12.0. The highest BCUT2D eigenvalue weighted by Gasteiger charge is 2.33. The highest BCUT2D eigenvalue weighted by atomic mass is 16.6. The quantitative estimate of drug-likeness (QED) is 0.402. The van der Waals surface area contributed by atoms with E-state index < -0.39 is 5.60 Å². The summed E-state index contributed by atoms with van der Waals surface area (Å²) < 4.78 is 16.7. The molecule has 0 saturated heterocycles. The molecule has 1 N–H and O–H groups in total. The molecular weight excluding hydrogens is 504 g/mol. The Morgan fingerprint density at radius 1 is 0.975 bits per heavy atom. The molecule has 2 heterocycles. The third kappa shape index (κ3) is 6.32. The zero-order chi connectivity index (χ0) is 28.5. The van der Waals surface area contributed by atoms with E-state index in [1.807, 2.05) is 39.1 Å². The van der Waals surface area contributed by atoms with E-state index in [-0.39, 0.29) is 23.7 Å². The van der Waals surface area contributed by atoms with E-state index in [1.165, 1.54) is 22.4 Å². The van der Waals surface area contributed by atoms with Gasteiger partial charge in [0.2, 0.25) is 0 Å². The number of nitrogens with one attached hydrogen (secondary N) is 1. The van der Waals surface area contributed by atoms with Gasteiger partial charge in [0.05, 0.1) is 19.3 Å². The van der Waals surface area contributed by atoms with Crippen molar-refractivity contribution in [2.24, 2.45) is 0 Å². The van der Waals surface area contributed by atoms with Gasteiger partial charge in [-0.15, -0.1) is 0 Å². The summed E-state index contributed by atoms with van der Waals surface area (Å²) in [4.78, 5) is 23.1. The van der Waals surface area contributed by atoms with Crippen LogP contribution in [0.4, 0.5) is 10.5 Å². The smallest absolute Gasteiger partial charge is 0.407 e. The molecular formula is C32H40N4O4. The minimum Gasteiger partial charge on any atom is -0.490 e. The van der Waals surface area contributed by atoms with Gasteiger partial charge in [0.25, 0.3) is 0 Å². The van der Waals surface area contributed by atoms with Crippen LogP contribution in [0, 0.1) is 0 Å². The Morgan fingerprint density at radius 3 is 2.25 bits per heavy atom. The van der Waals surface area contributed by atoms with Crippen molar-refractivity contribution in [1.29, 1.82) is 0 Å². The van der Waals surface area contributed by atoms with E-state index in [1.54, 1.807) is 7.11 Å². The second-order valence-electron chi connectivity index (χ2n) is 12.3. The first-order valence-electron chi connectivity index (χ1n) is 14.0. The number of benzene rings is 2. The van der Waals surface area contributed by atoms with Crippen molar-refractivity contribution in [2.75, 3.05) is 18.6 Å². The zero-order valence-corrected chi connectivity index (χ0v) is 24.4. The fourth-order valence-corrected chi connectivity index (χ4v) is 5.26. The summed E-state index contributed by atoms with van der Waals surface area (Å²) in [7, 11) is 1.60. The number of nitrogens with zero attached hydrogens (tertiary/aromatic N) is 3. The first-order valence-corrected chi connectivity index (χ1v) is 14.0. The number of methoxy groups -OCH3 is 1. The first-order chi connectivity index (χ1) is 19.0. The molecule has 0 radical (unpaired) electrons. The summed E-state index contributed by atoms with van der Waals surface area (Å²) in [6.07, 6.45) is 4.09. The maximum Gasteiger partial charge on any atom is 0.407 e. The maximum absolute atomic E-state index is 12.0. The van der Waals surface area contributed by atoms with Crippen LogP contribution in [-0.2, 0) is 23.1 Å². The second-order valence-corrected chi connectivity index (χ2v) is 12.3. The summed E-state index contributed by atoms with van der Waals surface area (Å²) in [6, 6.07) is 17.7. The SMILES string of the molecule is COc1ncc2c(n1)CN(c1ccc(C(C)(C)c3ccc(OC4CC(NC(=O)OC(C)(C)C)C4)cc3)cc1)CC2. The Bertz CT molecular complexity index is 1330. The van der Waals surface area contributed by atoms with Crippen molar-refractivity contribution in [1.82, 2.24) is 15.3 Å². The van der Waals surface area contributed by atoms with Gasteiger partial charge in [0, 0.05) is 42.7 Å². The average Bonchev–Trinajstić information content (AvgIpc) is 2.90. The van der Waals surface area contributed by atoms with Crippen LogP contribution in [0.15, 0.2) is 54.7 Å². The minimum absolute atomic E-state index is 0.0943. The monoisotopic (exact) mass is 544 g/mol. The Labute approximate surface area is 237 Å². The third-order valence-corrected chi connectivity index (χ3v) is 7.75. The van der Waals surface area contributed by atoms with Crippen LogP contribution in [0.2, 0.25) is 0 Å². The summed E-state index contributed by atoms with van der Waals surface area (Å²) >= 11 is 0. The molecule has 2 aromatic carbocycles. The molecule has 1 saturated carbocycles. The lowest BCUT2D eigenvalue weighted by atomic mass is 9.78. The van der Waals surface area contributed by atoms with Gasteiger partial charge in [-0.2, -0.15) is 4.98 Å². The molecule has 1 amide bonds. The van der Waals surface area contributed by atoms with Gasteiger partial charge in [-0.3, -0.25) is 0 Å². The average molecular weight is 545 g/mol. The number of rotatable bonds is 7. The normalized spacial score (nSPS) is 18.8. The number of anilines is 1. The molecule has 8 heteroatoms. The number of aromatic nitrogens is 2. The highest BCUT2D eigenvalue weighted by molar-refractivity contribution is 5.68. The van der Waals surface area contributed by atoms with Crippen LogP contribution >= 0.6 is 0 Å². The Morgan fingerprint density at radius 2 is 1.62 bits per heavy atom. The molecule has 3 aromatic rings. The van der Waals surface area contributed by atoms with Gasteiger partial charge in [0.15, 0.2) is 0 Å². The number of carbonyl (C=O) groups excluding carboxylic acids is 1. The lowest BCUT2D eigenvalue weighted by molar-refractivity contribution is 0.0363. The number of hydrogen-bond donors (Lipinski definition) is 1. The Kier molecular flexibility index (Phi) is 7.62. The minimum atomic E-state index is -0.494. The first kappa shape index (κ1) is 27.7. The molecule has 2 aliphatic rings. The predicted octanol–water partition coefficient (Wildman–Crippen LogP) is 5.81. The van der Waals surface area contributed by atoms with E-state index in [4.69, 9.17) is 14.2 Å².